The first kappa shape index (κ1) is 13.7. The number of aryl methyl sites for hydroxylation is 1. The smallest absolute Gasteiger partial charge is 0.377 e. The molecule has 1 unspecified atom stereocenters. The second-order valence-corrected chi connectivity index (χ2v) is 7.45. The van der Waals surface area contributed by atoms with E-state index >= 15 is 0 Å². The Kier molecular flexibility index (Phi) is 4.53. The lowest BCUT2D eigenvalue weighted by Crippen LogP contribution is -2.43. The van der Waals surface area contributed by atoms with Crippen molar-refractivity contribution in [2.24, 2.45) is 0 Å². The van der Waals surface area contributed by atoms with Gasteiger partial charge in [-0.3, -0.25) is 0 Å². The first-order valence-electron chi connectivity index (χ1n) is 6.09. The van der Waals surface area contributed by atoms with Gasteiger partial charge in [0.15, 0.2) is 0 Å². The highest BCUT2D eigenvalue weighted by Crippen LogP contribution is 2.30. The number of ether oxygens (including phenoxy) is 1. The lowest BCUT2D eigenvalue weighted by Gasteiger charge is -2.24. The van der Waals surface area contributed by atoms with Gasteiger partial charge >= 0.3 is 8.80 Å². The third-order valence-electron chi connectivity index (χ3n) is 3.31. The van der Waals surface area contributed by atoms with E-state index < -0.39 is 8.80 Å². The van der Waals surface area contributed by atoms with Crippen molar-refractivity contribution in [3.05, 3.63) is 35.4 Å². The maximum absolute atomic E-state index is 5.42. The number of hydrogen-bond donors (Lipinski definition) is 0. The molecule has 0 amide bonds. The molecular formula is C13H20O4Si. The molecule has 18 heavy (non-hydrogen) atoms. The molecule has 1 fully saturated rings. The van der Waals surface area contributed by atoms with E-state index in [2.05, 4.69) is 24.3 Å². The number of rotatable bonds is 7. The minimum absolute atomic E-state index is 0.305. The van der Waals surface area contributed by atoms with Crippen LogP contribution in [0.2, 0.25) is 6.04 Å². The fourth-order valence-corrected chi connectivity index (χ4v) is 3.75. The summed E-state index contributed by atoms with van der Waals surface area (Å²) < 4.78 is 21.5. The zero-order valence-electron chi connectivity index (χ0n) is 11.1. The molecule has 1 aromatic rings. The Labute approximate surface area is 109 Å². The van der Waals surface area contributed by atoms with Gasteiger partial charge in [-0.05, 0) is 17.5 Å². The molecule has 0 spiro atoms. The largest absolute Gasteiger partial charge is 0.500 e. The fraction of sp³-hybridized carbons (Fsp3) is 0.538. The molecule has 0 aliphatic carbocycles. The van der Waals surface area contributed by atoms with Gasteiger partial charge in [-0.1, -0.05) is 24.3 Å². The van der Waals surface area contributed by atoms with Crippen molar-refractivity contribution in [1.82, 2.24) is 0 Å². The minimum Gasteiger partial charge on any atom is -0.377 e. The van der Waals surface area contributed by atoms with E-state index in [1.807, 2.05) is 0 Å². The predicted molar refractivity (Wildman–Crippen MR) is 70.4 cm³/mol. The van der Waals surface area contributed by atoms with Gasteiger partial charge in [0.05, 0.1) is 6.61 Å². The van der Waals surface area contributed by atoms with Crippen LogP contribution >= 0.6 is 0 Å². The second kappa shape index (κ2) is 5.95. The van der Waals surface area contributed by atoms with Crippen LogP contribution in [-0.2, 0) is 24.4 Å². The van der Waals surface area contributed by atoms with Gasteiger partial charge in [0.25, 0.3) is 0 Å². The van der Waals surface area contributed by atoms with E-state index in [1.54, 1.807) is 21.3 Å². The Bertz CT molecular complexity index is 380. The monoisotopic (exact) mass is 268 g/mol. The molecule has 1 saturated heterocycles. The summed E-state index contributed by atoms with van der Waals surface area (Å²) in [6.07, 6.45) is 1.20. The quantitative estimate of drug-likeness (QED) is 0.561. The van der Waals surface area contributed by atoms with E-state index in [0.29, 0.717) is 6.10 Å². The Morgan fingerprint density at radius 3 is 2.44 bits per heavy atom. The van der Waals surface area contributed by atoms with Crippen molar-refractivity contribution in [1.29, 1.82) is 0 Å². The van der Waals surface area contributed by atoms with Crippen LogP contribution in [-0.4, -0.2) is 36.7 Å². The summed E-state index contributed by atoms with van der Waals surface area (Å²) in [6.45, 7) is 0.844. The van der Waals surface area contributed by atoms with E-state index in [9.17, 15) is 0 Å². The summed E-state index contributed by atoms with van der Waals surface area (Å²) in [5.74, 6) is 0. The molecule has 0 aromatic heterocycles. The van der Waals surface area contributed by atoms with Crippen LogP contribution in [0.4, 0.5) is 0 Å². The standard InChI is InChI=1S/C13H20O4Si/c1-14-18(15-2,16-3)8-7-11-5-4-6-12(9-11)13-10-17-13/h4-6,9,13H,7-8,10H2,1-3H3. The SMILES string of the molecule is CO[Si](CCc1cccc(C2CO2)c1)(OC)OC. The molecule has 1 aromatic carbocycles. The summed E-state index contributed by atoms with van der Waals surface area (Å²) >= 11 is 0. The van der Waals surface area contributed by atoms with Gasteiger partial charge in [0, 0.05) is 27.4 Å². The minimum atomic E-state index is -2.46. The van der Waals surface area contributed by atoms with Crippen LogP contribution in [0.5, 0.6) is 0 Å². The van der Waals surface area contributed by atoms with Gasteiger partial charge in [-0.2, -0.15) is 0 Å². The first-order chi connectivity index (χ1) is 8.73. The van der Waals surface area contributed by atoms with E-state index in [1.165, 1.54) is 11.1 Å². The van der Waals surface area contributed by atoms with Gasteiger partial charge in [-0.15, -0.1) is 0 Å². The lowest BCUT2D eigenvalue weighted by atomic mass is 10.1. The van der Waals surface area contributed by atoms with Crippen LogP contribution < -0.4 is 0 Å². The van der Waals surface area contributed by atoms with E-state index in [4.69, 9.17) is 18.0 Å². The van der Waals surface area contributed by atoms with Gasteiger partial charge in [-0.25, -0.2) is 0 Å². The lowest BCUT2D eigenvalue weighted by molar-refractivity contribution is 0.123. The number of epoxide rings is 1. The van der Waals surface area contributed by atoms with Crippen molar-refractivity contribution >= 4 is 8.80 Å². The zero-order valence-corrected chi connectivity index (χ0v) is 12.1. The van der Waals surface area contributed by atoms with Crippen LogP contribution in [0.15, 0.2) is 24.3 Å². The molecule has 0 saturated carbocycles. The second-order valence-electron chi connectivity index (χ2n) is 4.36. The maximum Gasteiger partial charge on any atom is 0.500 e. The molecule has 0 N–H and O–H groups in total. The highest BCUT2D eigenvalue weighted by molar-refractivity contribution is 6.60. The Morgan fingerprint density at radius 2 is 1.89 bits per heavy atom. The summed E-state index contributed by atoms with van der Waals surface area (Å²) in [4.78, 5) is 0. The topological polar surface area (TPSA) is 40.2 Å². The number of hydrogen-bond acceptors (Lipinski definition) is 4. The van der Waals surface area contributed by atoms with Gasteiger partial charge < -0.3 is 18.0 Å². The molecule has 0 radical (unpaired) electrons. The molecule has 1 atom stereocenters. The number of benzene rings is 1. The molecule has 2 rings (SSSR count). The molecular weight excluding hydrogens is 248 g/mol. The molecule has 1 aliphatic heterocycles. The normalized spacial score (nSPS) is 18.9. The highest BCUT2D eigenvalue weighted by atomic mass is 28.4. The third kappa shape index (κ3) is 3.18. The fourth-order valence-electron chi connectivity index (χ4n) is 2.04. The van der Waals surface area contributed by atoms with Crippen LogP contribution in [0.25, 0.3) is 0 Å². The van der Waals surface area contributed by atoms with Crippen molar-refractivity contribution in [3.63, 3.8) is 0 Å². The molecule has 5 heteroatoms. The molecule has 0 bridgehead atoms. The van der Waals surface area contributed by atoms with Crippen LogP contribution in [0.3, 0.4) is 0 Å². The summed E-state index contributed by atoms with van der Waals surface area (Å²) in [6, 6.07) is 9.27. The average Bonchev–Trinajstić information content (AvgIpc) is 3.26. The average molecular weight is 268 g/mol. The summed E-state index contributed by atoms with van der Waals surface area (Å²) in [5.41, 5.74) is 2.53. The van der Waals surface area contributed by atoms with Crippen LogP contribution in [0, 0.1) is 0 Å². The molecule has 4 nitrogen and oxygen atoms in total. The van der Waals surface area contributed by atoms with E-state index in [0.717, 1.165) is 19.1 Å². The first-order valence-corrected chi connectivity index (χ1v) is 8.02. The maximum atomic E-state index is 5.42. The van der Waals surface area contributed by atoms with Crippen molar-refractivity contribution in [2.45, 2.75) is 18.6 Å². The molecule has 1 heterocycles. The van der Waals surface area contributed by atoms with Crippen LogP contribution in [0.1, 0.15) is 17.2 Å². The molecule has 100 valence electrons. The van der Waals surface area contributed by atoms with Gasteiger partial charge in [0.1, 0.15) is 6.10 Å². The van der Waals surface area contributed by atoms with E-state index in [-0.39, 0.29) is 0 Å². The summed E-state index contributed by atoms with van der Waals surface area (Å²) in [5, 5.41) is 0. The van der Waals surface area contributed by atoms with Crippen molar-refractivity contribution in [3.8, 4) is 0 Å². The Hall–Kier alpha value is -0.723. The predicted octanol–water partition coefficient (Wildman–Crippen LogP) is 2.18. The summed E-state index contributed by atoms with van der Waals surface area (Å²) in [7, 11) is 2.48. The Morgan fingerprint density at radius 1 is 1.22 bits per heavy atom. The Balaban J connectivity index is 1.98. The van der Waals surface area contributed by atoms with Crippen molar-refractivity contribution < 1.29 is 18.0 Å². The molecule has 1 aliphatic rings. The van der Waals surface area contributed by atoms with Gasteiger partial charge in [0.2, 0.25) is 0 Å². The zero-order chi connectivity index (χ0) is 13.0. The third-order valence-corrected chi connectivity index (χ3v) is 6.04. The highest BCUT2D eigenvalue weighted by Gasteiger charge is 2.37. The van der Waals surface area contributed by atoms with Crippen molar-refractivity contribution in [2.75, 3.05) is 27.9 Å².